The summed E-state index contributed by atoms with van der Waals surface area (Å²) in [7, 11) is 0. The van der Waals surface area contributed by atoms with Crippen LogP contribution in [0.15, 0.2) is 53.3 Å². The van der Waals surface area contributed by atoms with E-state index in [9.17, 15) is 4.79 Å². The first-order chi connectivity index (χ1) is 18.2. The SMILES string of the molecule is CCCCCCCCc1nn(CCCCC)c(=O)n1Cc1ccc(-c2ccccc2-c2nn[nH]n2)cc1. The zero-order valence-electron chi connectivity index (χ0n) is 22.2. The van der Waals surface area contributed by atoms with E-state index in [0.29, 0.717) is 18.9 Å². The van der Waals surface area contributed by atoms with Crippen molar-refractivity contribution in [2.75, 3.05) is 0 Å². The number of tetrazole rings is 1. The number of unbranched alkanes of at least 4 members (excludes halogenated alkanes) is 7. The van der Waals surface area contributed by atoms with Gasteiger partial charge < -0.3 is 0 Å². The van der Waals surface area contributed by atoms with Crippen molar-refractivity contribution in [2.45, 2.75) is 91.1 Å². The fourth-order valence-corrected chi connectivity index (χ4v) is 4.73. The lowest BCUT2D eigenvalue weighted by molar-refractivity contribution is 0.529. The average molecular weight is 502 g/mol. The number of H-pyrrole nitrogens is 1. The molecule has 0 saturated heterocycles. The van der Waals surface area contributed by atoms with Crippen LogP contribution in [0.1, 0.15) is 83.0 Å². The van der Waals surface area contributed by atoms with Gasteiger partial charge in [0.2, 0.25) is 5.82 Å². The van der Waals surface area contributed by atoms with Gasteiger partial charge in [-0.3, -0.25) is 4.57 Å². The van der Waals surface area contributed by atoms with E-state index >= 15 is 0 Å². The third kappa shape index (κ3) is 7.02. The summed E-state index contributed by atoms with van der Waals surface area (Å²) in [6.45, 7) is 5.64. The molecule has 37 heavy (non-hydrogen) atoms. The molecule has 8 nitrogen and oxygen atoms in total. The Kier molecular flexibility index (Phi) is 9.80. The van der Waals surface area contributed by atoms with Gasteiger partial charge in [-0.15, -0.1) is 10.2 Å². The minimum absolute atomic E-state index is 0.00335. The van der Waals surface area contributed by atoms with Gasteiger partial charge in [0, 0.05) is 18.5 Å². The molecule has 0 fully saturated rings. The van der Waals surface area contributed by atoms with Crippen LogP contribution in [-0.4, -0.2) is 35.0 Å². The van der Waals surface area contributed by atoms with Crippen molar-refractivity contribution in [2.24, 2.45) is 0 Å². The number of rotatable bonds is 15. The maximum Gasteiger partial charge on any atom is 0.346 e. The standard InChI is InChI=1S/C29H39N7O/c1-3-5-7-8-9-10-16-27-32-36(21-13-6-4-2)29(37)35(27)22-23-17-19-24(20-18-23)25-14-11-12-15-26(25)28-30-33-34-31-28/h11-12,14-15,17-20H,3-10,13,16,21-22H2,1-2H3,(H,30,31,33,34). The van der Waals surface area contributed by atoms with Crippen molar-refractivity contribution in [3.05, 3.63) is 70.4 Å². The molecule has 0 saturated carbocycles. The van der Waals surface area contributed by atoms with Crippen LogP contribution in [0.5, 0.6) is 0 Å². The van der Waals surface area contributed by atoms with Crippen LogP contribution in [0.25, 0.3) is 22.5 Å². The van der Waals surface area contributed by atoms with E-state index in [1.165, 1.54) is 32.1 Å². The van der Waals surface area contributed by atoms with Crippen molar-refractivity contribution < 1.29 is 0 Å². The maximum atomic E-state index is 13.3. The minimum atomic E-state index is 0.00335. The fourth-order valence-electron chi connectivity index (χ4n) is 4.73. The Hall–Kier alpha value is -3.55. The van der Waals surface area contributed by atoms with Gasteiger partial charge in [0.25, 0.3) is 0 Å². The molecule has 2 aromatic carbocycles. The van der Waals surface area contributed by atoms with E-state index in [-0.39, 0.29) is 5.69 Å². The summed E-state index contributed by atoms with van der Waals surface area (Å²) >= 11 is 0. The maximum absolute atomic E-state index is 13.3. The lowest BCUT2D eigenvalue weighted by Gasteiger charge is -2.09. The van der Waals surface area contributed by atoms with Gasteiger partial charge in [0.15, 0.2) is 0 Å². The van der Waals surface area contributed by atoms with Crippen LogP contribution >= 0.6 is 0 Å². The molecule has 4 rings (SSSR count). The number of benzene rings is 2. The summed E-state index contributed by atoms with van der Waals surface area (Å²) in [5.41, 5.74) is 4.12. The van der Waals surface area contributed by atoms with E-state index in [4.69, 9.17) is 5.10 Å². The molecule has 2 heterocycles. The number of nitrogens with one attached hydrogen (secondary N) is 1. The highest BCUT2D eigenvalue weighted by Crippen LogP contribution is 2.29. The average Bonchev–Trinajstić information content (AvgIpc) is 3.56. The molecule has 2 aromatic heterocycles. The molecule has 0 aliphatic heterocycles. The third-order valence-corrected chi connectivity index (χ3v) is 6.85. The number of aromatic nitrogens is 7. The van der Waals surface area contributed by atoms with Gasteiger partial charge in [-0.25, -0.2) is 9.48 Å². The number of aryl methyl sites for hydroxylation is 2. The summed E-state index contributed by atoms with van der Waals surface area (Å²) in [4.78, 5) is 13.3. The second-order valence-electron chi connectivity index (χ2n) is 9.71. The zero-order chi connectivity index (χ0) is 25.9. The summed E-state index contributed by atoms with van der Waals surface area (Å²) in [5, 5.41) is 19.3. The Balaban J connectivity index is 1.51. The molecular weight excluding hydrogens is 462 g/mol. The Bertz CT molecular complexity index is 1270. The second-order valence-corrected chi connectivity index (χ2v) is 9.71. The molecular formula is C29H39N7O. The third-order valence-electron chi connectivity index (χ3n) is 6.85. The molecule has 0 aliphatic carbocycles. The molecule has 1 N–H and O–H groups in total. The van der Waals surface area contributed by atoms with E-state index < -0.39 is 0 Å². The Morgan fingerprint density at radius 2 is 1.51 bits per heavy atom. The van der Waals surface area contributed by atoms with Gasteiger partial charge >= 0.3 is 5.69 Å². The molecule has 0 bridgehead atoms. The molecule has 0 unspecified atom stereocenters. The van der Waals surface area contributed by atoms with Crippen LogP contribution in [-0.2, 0) is 19.5 Å². The van der Waals surface area contributed by atoms with Crippen molar-refractivity contribution in [3.63, 3.8) is 0 Å². The van der Waals surface area contributed by atoms with Crippen LogP contribution in [0.4, 0.5) is 0 Å². The largest absolute Gasteiger partial charge is 0.346 e. The van der Waals surface area contributed by atoms with Crippen molar-refractivity contribution in [3.8, 4) is 22.5 Å². The quantitative estimate of drug-likeness (QED) is 0.201. The van der Waals surface area contributed by atoms with Crippen LogP contribution in [0, 0.1) is 0 Å². The minimum Gasteiger partial charge on any atom is -0.274 e. The van der Waals surface area contributed by atoms with Crippen LogP contribution < -0.4 is 5.69 Å². The number of hydrogen-bond donors (Lipinski definition) is 1. The highest BCUT2D eigenvalue weighted by atomic mass is 16.2. The predicted octanol–water partition coefficient (Wildman–Crippen LogP) is 6.03. The van der Waals surface area contributed by atoms with Gasteiger partial charge in [0.1, 0.15) is 5.82 Å². The van der Waals surface area contributed by atoms with Gasteiger partial charge in [-0.2, -0.15) is 10.3 Å². The summed E-state index contributed by atoms with van der Waals surface area (Å²) in [6, 6.07) is 16.4. The van der Waals surface area contributed by atoms with Gasteiger partial charge in [-0.05, 0) is 34.7 Å². The Morgan fingerprint density at radius 1 is 0.811 bits per heavy atom. The van der Waals surface area contributed by atoms with E-state index in [1.54, 1.807) is 4.68 Å². The van der Waals surface area contributed by atoms with Crippen molar-refractivity contribution in [1.82, 2.24) is 35.0 Å². The van der Waals surface area contributed by atoms with Gasteiger partial charge in [0.05, 0.1) is 6.54 Å². The summed E-state index contributed by atoms with van der Waals surface area (Å²) < 4.78 is 3.55. The monoisotopic (exact) mass is 501 g/mol. The topological polar surface area (TPSA) is 94.3 Å². The van der Waals surface area contributed by atoms with E-state index in [2.05, 4.69) is 64.8 Å². The van der Waals surface area contributed by atoms with E-state index in [1.807, 2.05) is 22.8 Å². The first kappa shape index (κ1) is 26.5. The molecule has 0 radical (unpaired) electrons. The van der Waals surface area contributed by atoms with Gasteiger partial charge in [-0.1, -0.05) is 107 Å². The summed E-state index contributed by atoms with van der Waals surface area (Å²) in [6.07, 6.45) is 11.4. The Morgan fingerprint density at radius 3 is 2.24 bits per heavy atom. The molecule has 196 valence electrons. The van der Waals surface area contributed by atoms with Crippen molar-refractivity contribution >= 4 is 0 Å². The zero-order valence-corrected chi connectivity index (χ0v) is 22.2. The smallest absolute Gasteiger partial charge is 0.274 e. The van der Waals surface area contributed by atoms with Crippen molar-refractivity contribution in [1.29, 1.82) is 0 Å². The highest BCUT2D eigenvalue weighted by molar-refractivity contribution is 5.80. The second kappa shape index (κ2) is 13.7. The molecule has 0 atom stereocenters. The van der Waals surface area contributed by atoms with Crippen LogP contribution in [0.2, 0.25) is 0 Å². The van der Waals surface area contributed by atoms with Crippen LogP contribution in [0.3, 0.4) is 0 Å². The first-order valence-electron chi connectivity index (χ1n) is 13.8. The fraction of sp³-hybridized carbons (Fsp3) is 0.483. The predicted molar refractivity (Wildman–Crippen MR) is 147 cm³/mol. The molecule has 0 spiro atoms. The molecule has 4 aromatic rings. The normalized spacial score (nSPS) is 11.3. The molecule has 8 heteroatoms. The lowest BCUT2D eigenvalue weighted by Crippen LogP contribution is -2.26. The van der Waals surface area contributed by atoms with E-state index in [0.717, 1.165) is 60.2 Å². The molecule has 0 aliphatic rings. The lowest BCUT2D eigenvalue weighted by atomic mass is 9.98. The number of hydrogen-bond acceptors (Lipinski definition) is 5. The number of aromatic amines is 1. The summed E-state index contributed by atoms with van der Waals surface area (Å²) in [5.74, 6) is 1.48. The highest BCUT2D eigenvalue weighted by Gasteiger charge is 2.15. The Labute approximate surface area is 219 Å². The first-order valence-corrected chi connectivity index (χ1v) is 13.8. The molecule has 0 amide bonds. The number of nitrogens with zero attached hydrogens (tertiary/aromatic N) is 6.